The SMILES string of the molecule is C.CC(=O)C1(C(=O)C[C@@H](CCCNC(N)=O)C(=O)O)CCC1.CC(=O)C1(C(C)=O)CCC1.NC(=O)NCCC[C@H](N)C(=O)O. The van der Waals surface area contributed by atoms with Crippen molar-refractivity contribution in [2.45, 2.75) is 105 Å². The summed E-state index contributed by atoms with van der Waals surface area (Å²) in [7, 11) is 0. The average Bonchev–Trinajstić information content (AvgIpc) is 2.81. The quantitative estimate of drug-likeness (QED) is 0.0952. The van der Waals surface area contributed by atoms with Crippen LogP contribution in [0.4, 0.5) is 9.59 Å². The van der Waals surface area contributed by atoms with Crippen LogP contribution in [0.15, 0.2) is 0 Å². The van der Waals surface area contributed by atoms with Crippen LogP contribution in [0.2, 0.25) is 0 Å². The van der Waals surface area contributed by atoms with Crippen LogP contribution in [0.5, 0.6) is 0 Å². The van der Waals surface area contributed by atoms with Crippen molar-refractivity contribution in [3.63, 3.8) is 0 Å². The Morgan fingerprint density at radius 2 is 1.07 bits per heavy atom. The molecule has 0 spiro atoms. The van der Waals surface area contributed by atoms with Crippen molar-refractivity contribution >= 4 is 47.1 Å². The second kappa shape index (κ2) is 20.1. The molecule has 2 atom stereocenters. The maximum Gasteiger partial charge on any atom is 0.320 e. The highest BCUT2D eigenvalue weighted by atomic mass is 16.4. The summed E-state index contributed by atoms with van der Waals surface area (Å²) in [4.78, 5) is 87.9. The summed E-state index contributed by atoms with van der Waals surface area (Å²) in [6, 6.07) is -2.14. The average molecular weight is 630 g/mol. The van der Waals surface area contributed by atoms with E-state index >= 15 is 0 Å². The summed E-state index contributed by atoms with van der Waals surface area (Å²) in [5.41, 5.74) is 13.4. The molecule has 252 valence electrons. The molecule has 2 saturated carbocycles. The molecule has 2 rings (SSSR count). The first-order chi connectivity index (χ1) is 19.9. The minimum atomic E-state index is -1.06. The van der Waals surface area contributed by atoms with E-state index in [4.69, 9.17) is 22.3 Å². The second-order valence-corrected chi connectivity index (χ2v) is 11.0. The topological polar surface area (TPSA) is 279 Å². The van der Waals surface area contributed by atoms with Gasteiger partial charge in [0, 0.05) is 19.5 Å². The maximum absolute atomic E-state index is 12.3. The minimum Gasteiger partial charge on any atom is -0.481 e. The number of nitrogens with two attached hydrogens (primary N) is 3. The van der Waals surface area contributed by atoms with Gasteiger partial charge in [0.2, 0.25) is 0 Å². The summed E-state index contributed by atoms with van der Waals surface area (Å²) in [6.45, 7) is 5.05. The van der Waals surface area contributed by atoms with Gasteiger partial charge in [-0.2, -0.15) is 0 Å². The Hall–Kier alpha value is -3.88. The number of carbonyl (C=O) groups excluding carboxylic acids is 6. The van der Waals surface area contributed by atoms with E-state index < -0.39 is 46.8 Å². The zero-order valence-electron chi connectivity index (χ0n) is 25.2. The Bertz CT molecular complexity index is 1020. The van der Waals surface area contributed by atoms with Crippen molar-refractivity contribution in [2.24, 2.45) is 33.9 Å². The summed E-state index contributed by atoms with van der Waals surface area (Å²) in [6.07, 6.45) is 5.83. The Labute approximate surface area is 258 Å². The number of Topliss-reactive ketones (excluding diaryl/α,β-unsaturated/α-hetero) is 4. The molecule has 0 aromatic heterocycles. The monoisotopic (exact) mass is 629 g/mol. The van der Waals surface area contributed by atoms with Gasteiger partial charge < -0.3 is 38.0 Å². The molecule has 15 nitrogen and oxygen atoms in total. The van der Waals surface area contributed by atoms with E-state index in [-0.39, 0.29) is 49.9 Å². The van der Waals surface area contributed by atoms with Gasteiger partial charge in [0.25, 0.3) is 0 Å². The van der Waals surface area contributed by atoms with Crippen LogP contribution < -0.4 is 27.8 Å². The van der Waals surface area contributed by atoms with Crippen LogP contribution in [0.3, 0.4) is 0 Å². The van der Waals surface area contributed by atoms with Crippen LogP contribution in [-0.4, -0.2) is 76.5 Å². The largest absolute Gasteiger partial charge is 0.481 e. The molecule has 0 unspecified atom stereocenters. The van der Waals surface area contributed by atoms with Crippen molar-refractivity contribution in [3.05, 3.63) is 0 Å². The van der Waals surface area contributed by atoms with E-state index in [1.54, 1.807) is 0 Å². The van der Waals surface area contributed by atoms with E-state index in [9.17, 15) is 43.5 Å². The van der Waals surface area contributed by atoms with E-state index in [0.29, 0.717) is 38.6 Å². The molecule has 0 radical (unpaired) electrons. The van der Waals surface area contributed by atoms with Crippen molar-refractivity contribution in [3.8, 4) is 0 Å². The number of urea groups is 2. The van der Waals surface area contributed by atoms with Gasteiger partial charge in [-0.25, -0.2) is 9.59 Å². The number of carboxylic acids is 2. The first-order valence-corrected chi connectivity index (χ1v) is 14.3. The predicted molar refractivity (Wildman–Crippen MR) is 161 cm³/mol. The van der Waals surface area contributed by atoms with Crippen molar-refractivity contribution < 1.29 is 48.6 Å². The molecule has 0 aromatic carbocycles. The third-order valence-electron chi connectivity index (χ3n) is 8.09. The molecule has 0 aromatic rings. The van der Waals surface area contributed by atoms with Gasteiger partial charge in [0.05, 0.1) is 16.7 Å². The van der Waals surface area contributed by atoms with Crippen molar-refractivity contribution in [2.75, 3.05) is 13.1 Å². The molecule has 44 heavy (non-hydrogen) atoms. The first kappa shape index (κ1) is 42.3. The molecule has 0 aliphatic heterocycles. The Kier molecular flexibility index (Phi) is 19.3. The molecule has 10 N–H and O–H groups in total. The van der Waals surface area contributed by atoms with E-state index in [2.05, 4.69) is 10.6 Å². The van der Waals surface area contributed by atoms with Gasteiger partial charge in [-0.05, 0) is 72.1 Å². The number of carboxylic acid groups (broad SMARTS) is 2. The molecule has 0 saturated heterocycles. The molecular formula is C29H51N5O10. The number of carbonyl (C=O) groups is 8. The van der Waals surface area contributed by atoms with Crippen LogP contribution in [0.1, 0.15) is 98.8 Å². The Morgan fingerprint density at radius 3 is 1.32 bits per heavy atom. The zero-order chi connectivity index (χ0) is 33.4. The Balaban J connectivity index is 0. The highest BCUT2D eigenvalue weighted by Gasteiger charge is 2.48. The number of ketones is 4. The second-order valence-electron chi connectivity index (χ2n) is 11.0. The smallest absolute Gasteiger partial charge is 0.320 e. The molecule has 4 amide bonds. The summed E-state index contributed by atoms with van der Waals surface area (Å²) in [5.74, 6) is -3.26. The molecule has 2 aliphatic carbocycles. The molecule has 2 aliphatic rings. The third kappa shape index (κ3) is 13.6. The number of hydrogen-bond acceptors (Lipinski definition) is 9. The van der Waals surface area contributed by atoms with Gasteiger partial charge in [0.15, 0.2) is 0 Å². The van der Waals surface area contributed by atoms with Gasteiger partial charge in [-0.3, -0.25) is 28.8 Å². The molecule has 0 bridgehead atoms. The number of amides is 4. The van der Waals surface area contributed by atoms with Gasteiger partial charge >= 0.3 is 24.0 Å². The van der Waals surface area contributed by atoms with Crippen molar-refractivity contribution in [1.29, 1.82) is 0 Å². The lowest BCUT2D eigenvalue weighted by Gasteiger charge is -2.38. The van der Waals surface area contributed by atoms with Gasteiger partial charge in [0.1, 0.15) is 29.2 Å². The fourth-order valence-corrected chi connectivity index (χ4v) is 4.79. The summed E-state index contributed by atoms with van der Waals surface area (Å²) < 4.78 is 0. The lowest BCUT2D eigenvalue weighted by molar-refractivity contribution is -0.151. The molecule has 0 heterocycles. The highest BCUT2D eigenvalue weighted by molar-refractivity contribution is 6.07. The molecule has 15 heteroatoms. The van der Waals surface area contributed by atoms with Crippen molar-refractivity contribution in [1.82, 2.24) is 10.6 Å². The van der Waals surface area contributed by atoms with Crippen LogP contribution in [0, 0.1) is 16.7 Å². The van der Waals surface area contributed by atoms with E-state index in [0.717, 1.165) is 25.7 Å². The lowest BCUT2D eigenvalue weighted by atomic mass is 9.62. The fourth-order valence-electron chi connectivity index (χ4n) is 4.79. The first-order valence-electron chi connectivity index (χ1n) is 14.3. The number of hydrogen-bond donors (Lipinski definition) is 7. The van der Waals surface area contributed by atoms with Crippen LogP contribution in [-0.2, 0) is 28.8 Å². The number of rotatable bonds is 16. The van der Waals surface area contributed by atoms with Crippen LogP contribution in [0.25, 0.3) is 0 Å². The summed E-state index contributed by atoms with van der Waals surface area (Å²) in [5, 5.41) is 22.2. The molecular weight excluding hydrogens is 578 g/mol. The lowest BCUT2D eigenvalue weighted by Crippen LogP contribution is -2.45. The number of aliphatic carboxylic acids is 2. The third-order valence-corrected chi connectivity index (χ3v) is 8.09. The standard InChI is InChI=1S/C14H22N2O5.C8H12O2.C6H13N3O3.CH4/c1-9(17)14(5-3-6-14)11(18)8-10(12(19)20)4-2-7-16-13(15)21;1-6(9)8(7(2)10)4-3-5-8;7-4(5(10)11)2-1-3-9-6(8)12;/h10H,2-8H2,1H3,(H,19,20)(H3,15,16,21);3-5H2,1-2H3;4H,1-3,7H2,(H,10,11)(H3,8,9,12);1H4/t10-;;4-;/m1.0./s1. The highest BCUT2D eigenvalue weighted by Crippen LogP contribution is 2.44. The van der Waals surface area contributed by atoms with E-state index in [1.165, 1.54) is 20.8 Å². The number of nitrogens with one attached hydrogen (secondary N) is 2. The fraction of sp³-hybridized carbons (Fsp3) is 0.724. The normalized spacial score (nSPS) is 16.5. The van der Waals surface area contributed by atoms with Crippen LogP contribution >= 0.6 is 0 Å². The van der Waals surface area contributed by atoms with Gasteiger partial charge in [-0.15, -0.1) is 0 Å². The Morgan fingerprint density at radius 1 is 0.682 bits per heavy atom. The minimum absolute atomic E-state index is 0. The predicted octanol–water partition coefficient (Wildman–Crippen LogP) is 1.67. The zero-order valence-corrected chi connectivity index (χ0v) is 25.2. The maximum atomic E-state index is 12.3. The summed E-state index contributed by atoms with van der Waals surface area (Å²) >= 11 is 0. The van der Waals surface area contributed by atoms with E-state index in [1.807, 2.05) is 0 Å². The van der Waals surface area contributed by atoms with Gasteiger partial charge in [-0.1, -0.05) is 20.3 Å². The molecule has 2 fully saturated rings. The number of primary amides is 2.